The van der Waals surface area contributed by atoms with E-state index in [1.54, 1.807) is 0 Å². The van der Waals surface area contributed by atoms with E-state index < -0.39 is 0 Å². The molecule has 1 saturated heterocycles. The third kappa shape index (κ3) is 2.94. The number of rotatable bonds is 2. The molecule has 0 unspecified atom stereocenters. The molecule has 5 aromatic rings. The van der Waals surface area contributed by atoms with E-state index in [1.807, 2.05) is 11.3 Å². The second-order valence-corrected chi connectivity index (χ2v) is 10.7. The summed E-state index contributed by atoms with van der Waals surface area (Å²) in [7, 11) is -0.337. The first-order valence-corrected chi connectivity index (χ1v) is 11.9. The summed E-state index contributed by atoms with van der Waals surface area (Å²) in [5, 5.41) is 5.27. The van der Waals surface area contributed by atoms with Gasteiger partial charge < -0.3 is 9.31 Å². The highest BCUT2D eigenvalue weighted by Crippen LogP contribution is 2.42. The maximum atomic E-state index is 6.24. The molecule has 0 amide bonds. The minimum atomic E-state index is -0.337. The Balaban J connectivity index is 1.47. The van der Waals surface area contributed by atoms with Crippen molar-refractivity contribution >= 4 is 54.9 Å². The van der Waals surface area contributed by atoms with Gasteiger partial charge in [-0.25, -0.2) is 0 Å². The van der Waals surface area contributed by atoms with Crippen LogP contribution in [0.25, 0.3) is 42.1 Å². The van der Waals surface area contributed by atoms with Crippen LogP contribution in [-0.2, 0) is 9.31 Å². The summed E-state index contributed by atoms with van der Waals surface area (Å²) >= 11 is 1.88. The number of hydrogen-bond acceptors (Lipinski definition) is 3. The summed E-state index contributed by atoms with van der Waals surface area (Å²) in [4.78, 5) is 0. The molecule has 0 aliphatic carbocycles. The van der Waals surface area contributed by atoms with E-state index in [4.69, 9.17) is 9.31 Å². The smallest absolute Gasteiger partial charge is 0.399 e. The highest BCUT2D eigenvalue weighted by Gasteiger charge is 2.51. The SMILES string of the molecule is CC1(C)OB(c2ccc(-c3cccc4ccc5c6ccccc6sc5c34)cc2)OC1(C)C. The molecule has 0 spiro atoms. The zero-order valence-corrected chi connectivity index (χ0v) is 19.6. The van der Waals surface area contributed by atoms with Gasteiger partial charge in [0.15, 0.2) is 0 Å². The Labute approximate surface area is 192 Å². The molecule has 0 atom stereocenters. The van der Waals surface area contributed by atoms with E-state index in [-0.39, 0.29) is 18.3 Å². The van der Waals surface area contributed by atoms with Crippen molar-refractivity contribution < 1.29 is 9.31 Å². The Morgan fingerprint density at radius 2 is 1.41 bits per heavy atom. The molecule has 4 heteroatoms. The highest BCUT2D eigenvalue weighted by molar-refractivity contribution is 7.26. The van der Waals surface area contributed by atoms with Crippen LogP contribution in [0, 0.1) is 0 Å². The van der Waals surface area contributed by atoms with Crippen LogP contribution >= 0.6 is 11.3 Å². The van der Waals surface area contributed by atoms with Gasteiger partial charge >= 0.3 is 7.12 Å². The van der Waals surface area contributed by atoms with Crippen molar-refractivity contribution in [2.45, 2.75) is 38.9 Å². The lowest BCUT2D eigenvalue weighted by atomic mass is 9.78. The van der Waals surface area contributed by atoms with Crippen molar-refractivity contribution in [3.05, 3.63) is 78.9 Å². The first-order valence-electron chi connectivity index (χ1n) is 11.1. The predicted molar refractivity (Wildman–Crippen MR) is 138 cm³/mol. The second kappa shape index (κ2) is 6.92. The van der Waals surface area contributed by atoms with Crippen molar-refractivity contribution in [1.29, 1.82) is 0 Å². The molecule has 2 nitrogen and oxygen atoms in total. The highest BCUT2D eigenvalue weighted by atomic mass is 32.1. The molecular weight excluding hydrogens is 411 g/mol. The van der Waals surface area contributed by atoms with Gasteiger partial charge in [-0.3, -0.25) is 0 Å². The molecule has 1 aliphatic rings. The van der Waals surface area contributed by atoms with Crippen LogP contribution in [0.15, 0.2) is 78.9 Å². The number of hydrogen-bond donors (Lipinski definition) is 0. The number of thiophene rings is 1. The average molecular weight is 436 g/mol. The Morgan fingerprint density at radius 1 is 0.688 bits per heavy atom. The van der Waals surface area contributed by atoms with Gasteiger partial charge in [0.25, 0.3) is 0 Å². The minimum Gasteiger partial charge on any atom is -0.399 e. The monoisotopic (exact) mass is 436 g/mol. The number of fused-ring (bicyclic) bond motifs is 5. The summed E-state index contributed by atoms with van der Waals surface area (Å²) in [6, 6.07) is 28.5. The fourth-order valence-electron chi connectivity index (χ4n) is 4.59. The summed E-state index contributed by atoms with van der Waals surface area (Å²) < 4.78 is 15.2. The van der Waals surface area contributed by atoms with Crippen molar-refractivity contribution in [2.24, 2.45) is 0 Å². The van der Waals surface area contributed by atoms with Crippen molar-refractivity contribution in [3.63, 3.8) is 0 Å². The molecule has 1 fully saturated rings. The minimum absolute atomic E-state index is 0.335. The molecule has 158 valence electrons. The van der Waals surface area contributed by atoms with Crippen LogP contribution in [0.3, 0.4) is 0 Å². The van der Waals surface area contributed by atoms with Gasteiger partial charge in [0, 0.05) is 25.6 Å². The van der Waals surface area contributed by atoms with E-state index in [2.05, 4.69) is 107 Å². The lowest BCUT2D eigenvalue weighted by Gasteiger charge is -2.32. The Bertz CT molecular complexity index is 1460. The van der Waals surface area contributed by atoms with Gasteiger partial charge in [0.2, 0.25) is 0 Å². The third-order valence-electron chi connectivity index (χ3n) is 7.13. The standard InChI is InChI=1S/C28H25BO2S/c1-27(2)28(3,4)31-29(30-27)20-15-12-18(13-16-20)21-10-7-8-19-14-17-23-22-9-5-6-11-24(22)32-26(23)25(19)21/h5-17H,1-4H3. The first-order chi connectivity index (χ1) is 15.3. The zero-order valence-electron chi connectivity index (χ0n) is 18.8. The maximum Gasteiger partial charge on any atom is 0.494 e. The predicted octanol–water partition coefficient (Wildman–Crippen LogP) is 7.17. The molecule has 0 bridgehead atoms. The third-order valence-corrected chi connectivity index (χ3v) is 8.34. The van der Waals surface area contributed by atoms with Gasteiger partial charge in [-0.15, -0.1) is 11.3 Å². The first kappa shape index (κ1) is 20.0. The fourth-order valence-corrected chi connectivity index (χ4v) is 5.86. The van der Waals surface area contributed by atoms with E-state index in [0.29, 0.717) is 0 Å². The van der Waals surface area contributed by atoms with Crippen LogP contribution in [0.4, 0.5) is 0 Å². The van der Waals surface area contributed by atoms with E-state index in [0.717, 1.165) is 5.46 Å². The fraction of sp³-hybridized carbons (Fsp3) is 0.214. The van der Waals surface area contributed by atoms with Gasteiger partial charge in [0.1, 0.15) is 0 Å². The zero-order chi connectivity index (χ0) is 22.1. The molecule has 0 saturated carbocycles. The van der Waals surface area contributed by atoms with Crippen LogP contribution in [-0.4, -0.2) is 18.3 Å². The molecule has 32 heavy (non-hydrogen) atoms. The van der Waals surface area contributed by atoms with Crippen molar-refractivity contribution in [2.75, 3.05) is 0 Å². The van der Waals surface area contributed by atoms with Crippen LogP contribution in [0.1, 0.15) is 27.7 Å². The molecule has 2 heterocycles. The van der Waals surface area contributed by atoms with Crippen LogP contribution in [0.2, 0.25) is 0 Å². The maximum absolute atomic E-state index is 6.24. The van der Waals surface area contributed by atoms with Crippen LogP contribution in [0.5, 0.6) is 0 Å². The summed E-state index contributed by atoms with van der Waals surface area (Å²) in [6.07, 6.45) is 0. The lowest BCUT2D eigenvalue weighted by molar-refractivity contribution is 0.00578. The topological polar surface area (TPSA) is 18.5 Å². The quantitative estimate of drug-likeness (QED) is 0.273. The van der Waals surface area contributed by atoms with E-state index in [9.17, 15) is 0 Å². The average Bonchev–Trinajstić information content (AvgIpc) is 3.27. The summed E-state index contributed by atoms with van der Waals surface area (Å²) in [6.45, 7) is 8.36. The molecule has 6 rings (SSSR count). The number of benzene rings is 4. The van der Waals surface area contributed by atoms with Gasteiger partial charge in [-0.05, 0) is 55.7 Å². The largest absolute Gasteiger partial charge is 0.494 e. The van der Waals surface area contributed by atoms with Gasteiger partial charge in [-0.1, -0.05) is 72.8 Å². The molecule has 0 N–H and O–H groups in total. The van der Waals surface area contributed by atoms with Crippen molar-refractivity contribution in [1.82, 2.24) is 0 Å². The Morgan fingerprint density at radius 3 is 2.16 bits per heavy atom. The summed E-state index contributed by atoms with van der Waals surface area (Å²) in [5.74, 6) is 0. The molecular formula is C28H25BO2S. The normalized spacial score (nSPS) is 17.6. The van der Waals surface area contributed by atoms with E-state index in [1.165, 1.54) is 42.1 Å². The Hall–Kier alpha value is -2.66. The molecule has 1 aliphatic heterocycles. The van der Waals surface area contributed by atoms with Crippen LogP contribution < -0.4 is 5.46 Å². The molecule has 1 aromatic heterocycles. The lowest BCUT2D eigenvalue weighted by Crippen LogP contribution is -2.41. The molecule has 4 aromatic carbocycles. The van der Waals surface area contributed by atoms with E-state index >= 15 is 0 Å². The molecule has 0 radical (unpaired) electrons. The van der Waals surface area contributed by atoms with Gasteiger partial charge in [-0.2, -0.15) is 0 Å². The van der Waals surface area contributed by atoms with Gasteiger partial charge in [0.05, 0.1) is 11.2 Å². The Kier molecular flexibility index (Phi) is 4.32. The van der Waals surface area contributed by atoms with Crippen molar-refractivity contribution in [3.8, 4) is 11.1 Å². The summed E-state index contributed by atoms with van der Waals surface area (Å²) in [5.41, 5.74) is 2.86. The second-order valence-electron chi connectivity index (χ2n) is 9.65.